The lowest BCUT2D eigenvalue weighted by molar-refractivity contribution is 0.0692. The molecule has 0 saturated heterocycles. The molecule has 1 fully saturated rings. The Morgan fingerprint density at radius 2 is 1.86 bits per heavy atom. The van der Waals surface area contributed by atoms with Gasteiger partial charge in [-0.3, -0.25) is 0 Å². The molecule has 2 rings (SSSR count). The van der Waals surface area contributed by atoms with Crippen molar-refractivity contribution in [3.63, 3.8) is 0 Å². The Kier molecular flexibility index (Phi) is 4.50. The Balaban J connectivity index is 2.27. The summed E-state index contributed by atoms with van der Waals surface area (Å²) < 4.78 is 27.2. The van der Waals surface area contributed by atoms with E-state index in [-0.39, 0.29) is 22.2 Å². The quantitative estimate of drug-likeness (QED) is 0.600. The summed E-state index contributed by atoms with van der Waals surface area (Å²) in [7, 11) is -3.97. The number of aliphatic hydroxyl groups excluding tert-OH is 1. The largest absolute Gasteiger partial charge is 0.478 e. The first kappa shape index (κ1) is 15.7. The number of hydrogen-bond donors (Lipinski definition) is 4. The van der Waals surface area contributed by atoms with E-state index in [0.29, 0.717) is 25.7 Å². The molecule has 1 aromatic carbocycles. The van der Waals surface area contributed by atoms with Crippen molar-refractivity contribution < 1.29 is 23.4 Å². The van der Waals surface area contributed by atoms with E-state index in [1.807, 2.05) is 0 Å². The van der Waals surface area contributed by atoms with Crippen LogP contribution in [-0.2, 0) is 10.0 Å². The minimum Gasteiger partial charge on any atom is -0.478 e. The number of aliphatic hydroxyl groups is 1. The van der Waals surface area contributed by atoms with Gasteiger partial charge in [0.05, 0.1) is 16.6 Å². The number of aromatic carboxylic acids is 1. The average Bonchev–Trinajstić information content (AvgIpc) is 2.41. The first-order valence-electron chi connectivity index (χ1n) is 6.63. The predicted octanol–water partition coefficient (Wildman–Crippen LogP) is 0.549. The van der Waals surface area contributed by atoms with Crippen LogP contribution in [0.4, 0.5) is 5.69 Å². The van der Waals surface area contributed by atoms with E-state index in [0.717, 1.165) is 6.07 Å². The highest BCUT2D eigenvalue weighted by atomic mass is 32.2. The number of nitrogens with two attached hydrogens (primary N) is 1. The van der Waals surface area contributed by atoms with Crippen molar-refractivity contribution in [2.45, 2.75) is 42.7 Å². The number of carboxylic acid groups (broad SMARTS) is 1. The summed E-state index contributed by atoms with van der Waals surface area (Å²) in [5.41, 5.74) is 5.43. The van der Waals surface area contributed by atoms with E-state index in [1.54, 1.807) is 0 Å². The summed E-state index contributed by atoms with van der Waals surface area (Å²) in [6.07, 6.45) is 1.69. The van der Waals surface area contributed by atoms with E-state index < -0.39 is 22.1 Å². The van der Waals surface area contributed by atoms with Gasteiger partial charge in [-0.05, 0) is 43.9 Å². The maximum atomic E-state index is 12.4. The zero-order chi connectivity index (χ0) is 15.6. The molecular formula is C13H18N2O5S. The van der Waals surface area contributed by atoms with Crippen LogP contribution in [0.1, 0.15) is 36.0 Å². The number of rotatable bonds is 4. The second-order valence-electron chi connectivity index (χ2n) is 5.19. The van der Waals surface area contributed by atoms with Crippen molar-refractivity contribution in [3.05, 3.63) is 23.8 Å². The highest BCUT2D eigenvalue weighted by Gasteiger charge is 2.28. The van der Waals surface area contributed by atoms with Crippen molar-refractivity contribution in [2.75, 3.05) is 5.73 Å². The van der Waals surface area contributed by atoms with Gasteiger partial charge in [0.15, 0.2) is 0 Å². The number of carbonyl (C=O) groups is 1. The average molecular weight is 314 g/mol. The molecule has 0 spiro atoms. The fourth-order valence-corrected chi connectivity index (χ4v) is 3.95. The molecule has 1 aliphatic carbocycles. The second-order valence-corrected chi connectivity index (χ2v) is 6.87. The van der Waals surface area contributed by atoms with E-state index in [4.69, 9.17) is 10.8 Å². The molecule has 5 N–H and O–H groups in total. The molecule has 21 heavy (non-hydrogen) atoms. The second kappa shape index (κ2) is 6.00. The highest BCUT2D eigenvalue weighted by molar-refractivity contribution is 7.89. The van der Waals surface area contributed by atoms with Gasteiger partial charge in [0.2, 0.25) is 10.0 Å². The molecule has 0 amide bonds. The van der Waals surface area contributed by atoms with Gasteiger partial charge in [0.1, 0.15) is 0 Å². The SMILES string of the molecule is Nc1ccc(C(=O)O)c(S(=O)(=O)NC2CCC(O)CC2)c1. The normalized spacial score (nSPS) is 22.9. The molecule has 0 heterocycles. The molecule has 1 aliphatic rings. The Labute approximate surface area is 122 Å². The summed E-state index contributed by atoms with van der Waals surface area (Å²) in [5, 5.41) is 18.5. The van der Waals surface area contributed by atoms with Crippen LogP contribution in [-0.4, -0.2) is 36.7 Å². The first-order chi connectivity index (χ1) is 9.79. The summed E-state index contributed by atoms with van der Waals surface area (Å²) in [6.45, 7) is 0. The van der Waals surface area contributed by atoms with Crippen LogP contribution in [0.3, 0.4) is 0 Å². The number of nitrogen functional groups attached to an aromatic ring is 1. The molecule has 7 nitrogen and oxygen atoms in total. The van der Waals surface area contributed by atoms with Gasteiger partial charge in [0.25, 0.3) is 0 Å². The van der Waals surface area contributed by atoms with Gasteiger partial charge in [-0.15, -0.1) is 0 Å². The van der Waals surface area contributed by atoms with Gasteiger partial charge >= 0.3 is 5.97 Å². The third-order valence-corrected chi connectivity index (χ3v) is 5.10. The lowest BCUT2D eigenvalue weighted by Crippen LogP contribution is -2.39. The maximum absolute atomic E-state index is 12.4. The highest BCUT2D eigenvalue weighted by Crippen LogP contribution is 2.23. The van der Waals surface area contributed by atoms with Crippen LogP contribution in [0.5, 0.6) is 0 Å². The van der Waals surface area contributed by atoms with Gasteiger partial charge in [-0.25, -0.2) is 17.9 Å². The molecule has 1 aromatic rings. The molecule has 0 aromatic heterocycles. The first-order valence-corrected chi connectivity index (χ1v) is 8.11. The van der Waals surface area contributed by atoms with Crippen molar-refractivity contribution in [1.82, 2.24) is 4.72 Å². The number of benzene rings is 1. The fourth-order valence-electron chi connectivity index (χ4n) is 2.41. The monoisotopic (exact) mass is 314 g/mol. The van der Waals surface area contributed by atoms with Crippen LogP contribution < -0.4 is 10.5 Å². The van der Waals surface area contributed by atoms with Crippen LogP contribution in [0.2, 0.25) is 0 Å². The van der Waals surface area contributed by atoms with Crippen LogP contribution in [0, 0.1) is 0 Å². The van der Waals surface area contributed by atoms with E-state index >= 15 is 0 Å². The minimum atomic E-state index is -3.97. The summed E-state index contributed by atoms with van der Waals surface area (Å²) >= 11 is 0. The molecular weight excluding hydrogens is 296 g/mol. The molecule has 0 atom stereocenters. The van der Waals surface area contributed by atoms with Gasteiger partial charge < -0.3 is 15.9 Å². The van der Waals surface area contributed by atoms with Gasteiger partial charge in [-0.2, -0.15) is 0 Å². The van der Waals surface area contributed by atoms with Crippen molar-refractivity contribution in [2.24, 2.45) is 0 Å². The number of hydrogen-bond acceptors (Lipinski definition) is 5. The maximum Gasteiger partial charge on any atom is 0.337 e. The zero-order valence-corrected chi connectivity index (χ0v) is 12.1. The Morgan fingerprint density at radius 1 is 1.24 bits per heavy atom. The molecule has 116 valence electrons. The van der Waals surface area contributed by atoms with Crippen molar-refractivity contribution >= 4 is 21.7 Å². The smallest absolute Gasteiger partial charge is 0.337 e. The standard InChI is InChI=1S/C13H18N2O5S/c14-8-1-6-11(13(17)18)12(7-8)21(19,20)15-9-2-4-10(16)5-3-9/h1,6-7,9-10,15-16H,2-5,14H2,(H,17,18). The number of nitrogens with one attached hydrogen (secondary N) is 1. The molecule has 0 aliphatic heterocycles. The minimum absolute atomic E-state index is 0.180. The lowest BCUT2D eigenvalue weighted by atomic mass is 9.94. The van der Waals surface area contributed by atoms with Gasteiger partial charge in [-0.1, -0.05) is 0 Å². The molecule has 8 heteroatoms. The van der Waals surface area contributed by atoms with Crippen LogP contribution in [0.25, 0.3) is 0 Å². The third-order valence-electron chi connectivity index (χ3n) is 3.54. The molecule has 1 saturated carbocycles. The van der Waals surface area contributed by atoms with Crippen molar-refractivity contribution in [3.8, 4) is 0 Å². The lowest BCUT2D eigenvalue weighted by Gasteiger charge is -2.26. The topological polar surface area (TPSA) is 130 Å². The number of anilines is 1. The summed E-state index contributed by atoms with van der Waals surface area (Å²) in [4.78, 5) is 10.8. The molecule has 0 unspecified atom stereocenters. The van der Waals surface area contributed by atoms with Crippen LogP contribution in [0.15, 0.2) is 23.1 Å². The third kappa shape index (κ3) is 3.72. The van der Waals surface area contributed by atoms with E-state index in [9.17, 15) is 18.3 Å². The van der Waals surface area contributed by atoms with E-state index in [2.05, 4.69) is 4.72 Å². The van der Waals surface area contributed by atoms with Gasteiger partial charge in [0, 0.05) is 11.7 Å². The molecule has 0 radical (unpaired) electrons. The Morgan fingerprint density at radius 3 is 2.43 bits per heavy atom. The van der Waals surface area contributed by atoms with E-state index in [1.165, 1.54) is 12.1 Å². The fraction of sp³-hybridized carbons (Fsp3) is 0.462. The Hall–Kier alpha value is -1.64. The molecule has 0 bridgehead atoms. The number of sulfonamides is 1. The van der Waals surface area contributed by atoms with Crippen molar-refractivity contribution in [1.29, 1.82) is 0 Å². The Bertz CT molecular complexity index is 636. The van der Waals surface area contributed by atoms with Crippen LogP contribution >= 0.6 is 0 Å². The zero-order valence-electron chi connectivity index (χ0n) is 11.3. The summed E-state index contributed by atoms with van der Waals surface area (Å²) in [5.74, 6) is -1.32. The summed E-state index contributed by atoms with van der Waals surface area (Å²) in [6, 6.07) is 3.36. The number of carboxylic acids is 1. The predicted molar refractivity (Wildman–Crippen MR) is 76.4 cm³/mol.